The first kappa shape index (κ1) is 21.8. The molecule has 2 aliphatic rings. The van der Waals surface area contributed by atoms with E-state index in [1.807, 2.05) is 0 Å². The molecule has 2 fully saturated rings. The van der Waals surface area contributed by atoms with E-state index in [2.05, 4.69) is 91.7 Å². The Morgan fingerprint density at radius 3 is 2.03 bits per heavy atom. The number of nitrogens with one attached hydrogen (secondary N) is 1. The van der Waals surface area contributed by atoms with Crippen LogP contribution in [0, 0.1) is 11.8 Å². The van der Waals surface area contributed by atoms with Gasteiger partial charge < -0.3 is 14.6 Å². The van der Waals surface area contributed by atoms with Crippen molar-refractivity contribution in [2.75, 3.05) is 39.3 Å². The van der Waals surface area contributed by atoms with Gasteiger partial charge in [-0.1, -0.05) is 81.4 Å². The number of nitrogens with zero attached hydrogens (tertiary/aromatic N) is 1. The molecule has 0 spiro atoms. The average molecular weight is 423 g/mol. The van der Waals surface area contributed by atoms with Crippen LogP contribution in [0.25, 0.3) is 0 Å². The number of piperidine rings is 1. The maximum Gasteiger partial charge on any atom is 0.261 e. The van der Waals surface area contributed by atoms with Gasteiger partial charge in [0.2, 0.25) is 0 Å². The van der Waals surface area contributed by atoms with Gasteiger partial charge in [0, 0.05) is 19.7 Å². The van der Waals surface area contributed by atoms with Crippen molar-refractivity contribution in [1.82, 2.24) is 10.2 Å². The van der Waals surface area contributed by atoms with Crippen LogP contribution in [-0.2, 0) is 4.43 Å². The van der Waals surface area contributed by atoms with Crippen LogP contribution < -0.4 is 15.7 Å². The van der Waals surface area contributed by atoms with Gasteiger partial charge in [-0.3, -0.25) is 0 Å². The quantitative estimate of drug-likeness (QED) is 0.691. The summed E-state index contributed by atoms with van der Waals surface area (Å²) in [6, 6.07) is 22.0. The summed E-state index contributed by atoms with van der Waals surface area (Å²) in [4.78, 5) is 2.66. The summed E-state index contributed by atoms with van der Waals surface area (Å²) in [6.07, 6.45) is 2.73. The summed E-state index contributed by atoms with van der Waals surface area (Å²) >= 11 is 0. The number of benzene rings is 2. The van der Waals surface area contributed by atoms with Gasteiger partial charge in [-0.15, -0.1) is 0 Å². The van der Waals surface area contributed by atoms with Crippen molar-refractivity contribution in [3.8, 4) is 0 Å². The van der Waals surface area contributed by atoms with Crippen molar-refractivity contribution in [3.05, 3.63) is 60.7 Å². The molecule has 1 unspecified atom stereocenters. The van der Waals surface area contributed by atoms with E-state index >= 15 is 0 Å². The standard InChI is InChI=1S/C26H38N2OSi/c1-26(2,3)30(24-12-6-4-7-13-24,25-14-8-5-9-15-25)29-18-17-28-16-10-11-22(21-28)23-19-27-20-23/h4-9,12-15,22-23,27H,10-11,16-21H2,1-3H3. The zero-order valence-corrected chi connectivity index (χ0v) is 19.9. The monoisotopic (exact) mass is 422 g/mol. The van der Waals surface area contributed by atoms with Crippen LogP contribution in [0.3, 0.4) is 0 Å². The third kappa shape index (κ3) is 4.42. The average Bonchev–Trinajstić information content (AvgIpc) is 2.71. The maximum atomic E-state index is 7.09. The fourth-order valence-electron chi connectivity index (χ4n) is 5.41. The van der Waals surface area contributed by atoms with Crippen molar-refractivity contribution < 1.29 is 4.43 Å². The Morgan fingerprint density at radius 2 is 1.53 bits per heavy atom. The molecule has 4 rings (SSSR count). The van der Waals surface area contributed by atoms with Gasteiger partial charge in [-0.25, -0.2) is 0 Å². The van der Waals surface area contributed by atoms with Crippen LogP contribution in [0.4, 0.5) is 0 Å². The molecule has 0 bridgehead atoms. The van der Waals surface area contributed by atoms with Gasteiger partial charge >= 0.3 is 0 Å². The molecule has 0 aromatic heterocycles. The number of hydrogen-bond acceptors (Lipinski definition) is 3. The molecule has 0 radical (unpaired) electrons. The third-order valence-electron chi connectivity index (χ3n) is 7.16. The minimum atomic E-state index is -2.41. The molecule has 0 aliphatic carbocycles. The lowest BCUT2D eigenvalue weighted by molar-refractivity contribution is 0.0948. The van der Waals surface area contributed by atoms with E-state index in [9.17, 15) is 0 Å². The number of hydrogen-bond donors (Lipinski definition) is 1. The molecular formula is C26H38N2OSi. The molecule has 2 heterocycles. The Kier molecular flexibility index (Phi) is 6.78. The van der Waals surface area contributed by atoms with Gasteiger partial charge in [-0.2, -0.15) is 0 Å². The van der Waals surface area contributed by atoms with Crippen molar-refractivity contribution in [1.29, 1.82) is 0 Å². The highest BCUT2D eigenvalue weighted by molar-refractivity contribution is 6.99. The fourth-order valence-corrected chi connectivity index (χ4v) is 9.97. The van der Waals surface area contributed by atoms with Gasteiger partial charge in [0.25, 0.3) is 8.32 Å². The largest absolute Gasteiger partial charge is 0.406 e. The Hall–Kier alpha value is -1.46. The van der Waals surface area contributed by atoms with E-state index in [1.54, 1.807) is 0 Å². The SMILES string of the molecule is CC(C)(C)[Si](OCCN1CCCC(C2CNC2)C1)(c1ccccc1)c1ccccc1. The predicted molar refractivity (Wildman–Crippen MR) is 129 cm³/mol. The normalized spacial score (nSPS) is 21.4. The summed E-state index contributed by atoms with van der Waals surface area (Å²) in [6.45, 7) is 13.8. The molecule has 2 aromatic rings. The van der Waals surface area contributed by atoms with Crippen LogP contribution in [0.5, 0.6) is 0 Å². The highest BCUT2D eigenvalue weighted by Crippen LogP contribution is 2.36. The van der Waals surface area contributed by atoms with Crippen LogP contribution in [0.2, 0.25) is 5.04 Å². The van der Waals surface area contributed by atoms with E-state index in [-0.39, 0.29) is 5.04 Å². The zero-order valence-electron chi connectivity index (χ0n) is 18.9. The Balaban J connectivity index is 1.53. The van der Waals surface area contributed by atoms with E-state index < -0.39 is 8.32 Å². The lowest BCUT2D eigenvalue weighted by Gasteiger charge is -2.44. The first-order valence-corrected chi connectivity index (χ1v) is 13.6. The molecule has 1 atom stereocenters. The maximum absolute atomic E-state index is 7.09. The molecule has 3 nitrogen and oxygen atoms in total. The zero-order chi connectivity index (χ0) is 21.0. The molecule has 4 heteroatoms. The van der Waals surface area contributed by atoms with E-state index in [1.165, 1.54) is 49.4 Å². The highest BCUT2D eigenvalue weighted by atomic mass is 28.4. The summed E-state index contributed by atoms with van der Waals surface area (Å²) in [5, 5.41) is 6.26. The molecule has 2 saturated heterocycles. The van der Waals surface area contributed by atoms with Crippen LogP contribution >= 0.6 is 0 Å². The fraction of sp³-hybridized carbons (Fsp3) is 0.538. The lowest BCUT2D eigenvalue weighted by Crippen LogP contribution is -2.67. The van der Waals surface area contributed by atoms with Crippen molar-refractivity contribution in [3.63, 3.8) is 0 Å². The van der Waals surface area contributed by atoms with Gasteiger partial charge in [0.05, 0.1) is 0 Å². The molecular weight excluding hydrogens is 384 g/mol. The molecule has 0 saturated carbocycles. The topological polar surface area (TPSA) is 24.5 Å². The van der Waals surface area contributed by atoms with E-state index in [4.69, 9.17) is 4.43 Å². The molecule has 2 aromatic carbocycles. The summed E-state index contributed by atoms with van der Waals surface area (Å²) < 4.78 is 7.09. The second-order valence-electron chi connectivity index (χ2n) is 10.1. The predicted octanol–water partition coefficient (Wildman–Crippen LogP) is 3.49. The number of rotatable bonds is 7. The second kappa shape index (κ2) is 9.35. The Labute approximate surface area is 184 Å². The molecule has 162 valence electrons. The first-order chi connectivity index (χ1) is 14.5. The van der Waals surface area contributed by atoms with Crippen molar-refractivity contribution in [2.45, 2.75) is 38.7 Å². The van der Waals surface area contributed by atoms with Gasteiger partial charge in [0.1, 0.15) is 0 Å². The van der Waals surface area contributed by atoms with Gasteiger partial charge in [-0.05, 0) is 59.7 Å². The second-order valence-corrected chi connectivity index (χ2v) is 14.4. The third-order valence-corrected chi connectivity index (χ3v) is 12.2. The van der Waals surface area contributed by atoms with Crippen molar-refractivity contribution in [2.24, 2.45) is 11.8 Å². The Bertz CT molecular complexity index is 746. The minimum Gasteiger partial charge on any atom is -0.406 e. The van der Waals surface area contributed by atoms with Crippen LogP contribution in [0.15, 0.2) is 60.7 Å². The molecule has 0 amide bonds. The molecule has 1 N–H and O–H groups in total. The van der Waals surface area contributed by atoms with Gasteiger partial charge in [0.15, 0.2) is 0 Å². The summed E-state index contributed by atoms with van der Waals surface area (Å²) in [7, 11) is -2.41. The Morgan fingerprint density at radius 1 is 0.933 bits per heavy atom. The van der Waals surface area contributed by atoms with E-state index in [0.717, 1.165) is 25.0 Å². The van der Waals surface area contributed by atoms with Crippen molar-refractivity contribution >= 4 is 18.7 Å². The smallest absolute Gasteiger partial charge is 0.261 e. The lowest BCUT2D eigenvalue weighted by atomic mass is 9.82. The summed E-state index contributed by atoms with van der Waals surface area (Å²) in [5.41, 5.74) is 0. The summed E-state index contributed by atoms with van der Waals surface area (Å²) in [5.74, 6) is 1.76. The van der Waals surface area contributed by atoms with Crippen LogP contribution in [-0.4, -0.2) is 52.5 Å². The molecule has 30 heavy (non-hydrogen) atoms. The van der Waals surface area contributed by atoms with Crippen LogP contribution in [0.1, 0.15) is 33.6 Å². The number of likely N-dealkylation sites (tertiary alicyclic amines) is 1. The first-order valence-electron chi connectivity index (χ1n) is 11.7. The molecule has 2 aliphatic heterocycles. The highest BCUT2D eigenvalue weighted by Gasteiger charge is 2.50. The minimum absolute atomic E-state index is 0.0533. The van der Waals surface area contributed by atoms with E-state index in [0.29, 0.717) is 0 Å².